The third-order valence-corrected chi connectivity index (χ3v) is 3.59. The first-order valence-electron chi connectivity index (χ1n) is 6.80. The van der Waals surface area contributed by atoms with Crippen LogP contribution in [-0.4, -0.2) is 35.3 Å². The van der Waals surface area contributed by atoms with Gasteiger partial charge in [-0.3, -0.25) is 5.43 Å². The summed E-state index contributed by atoms with van der Waals surface area (Å²) in [5.74, 6) is 6.83. The summed E-state index contributed by atoms with van der Waals surface area (Å²) in [5.41, 5.74) is 3.43. The number of fused-ring (bicyclic) bond motifs is 1. The molecule has 0 saturated carbocycles. The fourth-order valence-corrected chi connectivity index (χ4v) is 2.54. The molecule has 1 aliphatic heterocycles. The molecular weight excluding hydrogens is 254 g/mol. The lowest BCUT2D eigenvalue weighted by molar-refractivity contribution is 0.0342. The highest BCUT2D eigenvalue weighted by atomic mass is 16.5. The molecule has 1 aliphatic rings. The molecule has 6 heteroatoms. The second kappa shape index (κ2) is 5.22. The monoisotopic (exact) mass is 273 g/mol. The number of rotatable bonds is 2. The topological polar surface area (TPSA) is 76.3 Å². The van der Waals surface area contributed by atoms with E-state index >= 15 is 0 Å². The summed E-state index contributed by atoms with van der Waals surface area (Å²) < 4.78 is 5.69. The van der Waals surface area contributed by atoms with Crippen molar-refractivity contribution in [3.63, 3.8) is 0 Å². The lowest BCUT2D eigenvalue weighted by Gasteiger charge is -2.38. The molecule has 1 aromatic carbocycles. The van der Waals surface area contributed by atoms with E-state index in [2.05, 4.69) is 34.1 Å². The standard InChI is InChI=1S/C14H19N5O/c1-9-8-20-10(2)7-19(9)13-11-5-3-4-6-12(11)16-14(17-13)18-15/h3-6,9-10H,7-8,15H2,1-2H3,(H,16,17,18). The highest BCUT2D eigenvalue weighted by molar-refractivity contribution is 5.90. The molecule has 6 nitrogen and oxygen atoms in total. The van der Waals surface area contributed by atoms with Gasteiger partial charge < -0.3 is 9.64 Å². The average molecular weight is 273 g/mol. The summed E-state index contributed by atoms with van der Waals surface area (Å²) >= 11 is 0. The maximum Gasteiger partial charge on any atom is 0.239 e. The van der Waals surface area contributed by atoms with E-state index in [9.17, 15) is 0 Å². The molecular formula is C14H19N5O. The highest BCUT2D eigenvalue weighted by Crippen LogP contribution is 2.28. The molecule has 1 fully saturated rings. The summed E-state index contributed by atoms with van der Waals surface area (Å²) in [6.45, 7) is 5.72. The van der Waals surface area contributed by atoms with Crippen molar-refractivity contribution in [3.05, 3.63) is 24.3 Å². The number of nitrogen functional groups attached to an aromatic ring is 1. The first-order valence-corrected chi connectivity index (χ1v) is 6.80. The Labute approximate surface area is 117 Å². The summed E-state index contributed by atoms with van der Waals surface area (Å²) in [4.78, 5) is 11.2. The SMILES string of the molecule is CC1CN(c2nc(NN)nc3ccccc23)C(C)CO1. The fraction of sp³-hybridized carbons (Fsp3) is 0.429. The van der Waals surface area contributed by atoms with Crippen LogP contribution in [0.3, 0.4) is 0 Å². The Morgan fingerprint density at radius 2 is 2.10 bits per heavy atom. The van der Waals surface area contributed by atoms with Gasteiger partial charge in [0.25, 0.3) is 0 Å². The smallest absolute Gasteiger partial charge is 0.239 e. The van der Waals surface area contributed by atoms with Crippen LogP contribution in [0.4, 0.5) is 11.8 Å². The van der Waals surface area contributed by atoms with Crippen LogP contribution in [0.25, 0.3) is 10.9 Å². The minimum Gasteiger partial charge on any atom is -0.375 e. The van der Waals surface area contributed by atoms with Crippen LogP contribution in [0.5, 0.6) is 0 Å². The molecule has 3 N–H and O–H groups in total. The number of nitrogens with two attached hydrogens (primary N) is 1. The third kappa shape index (κ3) is 2.28. The highest BCUT2D eigenvalue weighted by Gasteiger charge is 2.26. The van der Waals surface area contributed by atoms with E-state index in [-0.39, 0.29) is 12.1 Å². The predicted octanol–water partition coefficient (Wildman–Crippen LogP) is 1.53. The van der Waals surface area contributed by atoms with Gasteiger partial charge in [0.15, 0.2) is 0 Å². The van der Waals surface area contributed by atoms with Gasteiger partial charge in [0, 0.05) is 11.9 Å². The molecule has 1 aromatic heterocycles. The van der Waals surface area contributed by atoms with Crippen molar-refractivity contribution < 1.29 is 4.74 Å². The van der Waals surface area contributed by atoms with Crippen LogP contribution in [-0.2, 0) is 4.74 Å². The van der Waals surface area contributed by atoms with Gasteiger partial charge in [0.05, 0.1) is 24.3 Å². The zero-order chi connectivity index (χ0) is 14.1. The van der Waals surface area contributed by atoms with Gasteiger partial charge >= 0.3 is 0 Å². The number of aromatic nitrogens is 2. The molecule has 0 spiro atoms. The Morgan fingerprint density at radius 3 is 2.90 bits per heavy atom. The zero-order valence-electron chi connectivity index (χ0n) is 11.7. The number of anilines is 2. The average Bonchev–Trinajstić information content (AvgIpc) is 2.48. The molecule has 1 saturated heterocycles. The molecule has 0 radical (unpaired) electrons. The third-order valence-electron chi connectivity index (χ3n) is 3.59. The summed E-state index contributed by atoms with van der Waals surface area (Å²) in [7, 11) is 0. The van der Waals surface area contributed by atoms with E-state index in [1.54, 1.807) is 0 Å². The number of hydrogen-bond acceptors (Lipinski definition) is 6. The molecule has 3 rings (SSSR count). The van der Waals surface area contributed by atoms with Crippen molar-refractivity contribution in [2.75, 3.05) is 23.5 Å². The minimum atomic E-state index is 0.189. The van der Waals surface area contributed by atoms with Crippen molar-refractivity contribution >= 4 is 22.7 Å². The van der Waals surface area contributed by atoms with Gasteiger partial charge in [-0.05, 0) is 26.0 Å². The lowest BCUT2D eigenvalue weighted by atomic mass is 10.1. The van der Waals surface area contributed by atoms with Gasteiger partial charge in [-0.25, -0.2) is 10.8 Å². The summed E-state index contributed by atoms with van der Waals surface area (Å²) in [6.07, 6.45) is 0.189. The molecule has 2 heterocycles. The first-order chi connectivity index (χ1) is 9.69. The number of benzene rings is 1. The van der Waals surface area contributed by atoms with Gasteiger partial charge in [-0.15, -0.1) is 0 Å². The molecule has 2 atom stereocenters. The van der Waals surface area contributed by atoms with Crippen LogP contribution in [0, 0.1) is 0 Å². The van der Waals surface area contributed by atoms with Gasteiger partial charge in [-0.2, -0.15) is 4.98 Å². The maximum atomic E-state index is 5.69. The number of nitrogens with one attached hydrogen (secondary N) is 1. The Kier molecular flexibility index (Phi) is 3.42. The van der Waals surface area contributed by atoms with Crippen LogP contribution in [0.15, 0.2) is 24.3 Å². The Bertz CT molecular complexity index is 618. The van der Waals surface area contributed by atoms with Gasteiger partial charge in [0.1, 0.15) is 5.82 Å². The van der Waals surface area contributed by atoms with Crippen LogP contribution < -0.4 is 16.2 Å². The van der Waals surface area contributed by atoms with Crippen LogP contribution in [0.1, 0.15) is 13.8 Å². The predicted molar refractivity (Wildman–Crippen MR) is 79.6 cm³/mol. The number of morpholine rings is 1. The van der Waals surface area contributed by atoms with E-state index in [0.717, 1.165) is 23.3 Å². The maximum absolute atomic E-state index is 5.69. The number of hydrogen-bond donors (Lipinski definition) is 2. The molecule has 0 amide bonds. The van der Waals surface area contributed by atoms with Crippen molar-refractivity contribution in [3.8, 4) is 0 Å². The van der Waals surface area contributed by atoms with Crippen molar-refractivity contribution in [1.29, 1.82) is 0 Å². The molecule has 0 bridgehead atoms. The van der Waals surface area contributed by atoms with E-state index in [0.29, 0.717) is 12.6 Å². The van der Waals surface area contributed by atoms with Gasteiger partial charge in [-0.1, -0.05) is 12.1 Å². The number of para-hydroxylation sites is 1. The molecule has 106 valence electrons. The first kappa shape index (κ1) is 13.1. The van der Waals surface area contributed by atoms with Crippen molar-refractivity contribution in [2.45, 2.75) is 26.0 Å². The Morgan fingerprint density at radius 1 is 1.30 bits per heavy atom. The normalized spacial score (nSPS) is 23.1. The van der Waals surface area contributed by atoms with Gasteiger partial charge in [0.2, 0.25) is 5.95 Å². The summed E-state index contributed by atoms with van der Waals surface area (Å²) in [6, 6.07) is 8.24. The molecule has 0 aliphatic carbocycles. The second-order valence-electron chi connectivity index (χ2n) is 5.18. The lowest BCUT2D eigenvalue weighted by Crippen LogP contribution is -2.48. The quantitative estimate of drug-likeness (QED) is 0.638. The summed E-state index contributed by atoms with van der Waals surface area (Å²) in [5, 5.41) is 1.03. The number of nitrogens with zero attached hydrogens (tertiary/aromatic N) is 3. The van der Waals surface area contributed by atoms with E-state index in [1.165, 1.54) is 0 Å². The van der Waals surface area contributed by atoms with E-state index < -0.39 is 0 Å². The second-order valence-corrected chi connectivity index (χ2v) is 5.18. The zero-order valence-corrected chi connectivity index (χ0v) is 11.7. The largest absolute Gasteiger partial charge is 0.375 e. The van der Waals surface area contributed by atoms with E-state index in [4.69, 9.17) is 10.6 Å². The van der Waals surface area contributed by atoms with Crippen molar-refractivity contribution in [2.24, 2.45) is 5.84 Å². The van der Waals surface area contributed by atoms with Crippen molar-refractivity contribution in [1.82, 2.24) is 9.97 Å². The van der Waals surface area contributed by atoms with Crippen LogP contribution in [0.2, 0.25) is 0 Å². The fourth-order valence-electron chi connectivity index (χ4n) is 2.54. The molecule has 2 aromatic rings. The molecule has 20 heavy (non-hydrogen) atoms. The van der Waals surface area contributed by atoms with E-state index in [1.807, 2.05) is 24.3 Å². The van der Waals surface area contributed by atoms with Crippen LogP contribution >= 0.6 is 0 Å². The number of hydrazine groups is 1. The number of ether oxygens (including phenoxy) is 1. The minimum absolute atomic E-state index is 0.189. The Balaban J connectivity index is 2.13. The molecule has 2 unspecified atom stereocenters. The Hall–Kier alpha value is -1.92.